The van der Waals surface area contributed by atoms with Crippen LogP contribution in [0.25, 0.3) is 16.6 Å². The Balaban J connectivity index is 1.99. The number of thioether (sulfide) groups is 1. The Hall–Kier alpha value is -3.45. The normalized spacial score (nSPS) is 10.9. The molecule has 7 heteroatoms. The number of hydrogen-bond donors (Lipinski definition) is 0. The van der Waals surface area contributed by atoms with Crippen molar-refractivity contribution in [3.05, 3.63) is 81.6 Å². The summed E-state index contributed by atoms with van der Waals surface area (Å²) in [6.07, 6.45) is 0. The van der Waals surface area contributed by atoms with E-state index >= 15 is 0 Å². The summed E-state index contributed by atoms with van der Waals surface area (Å²) >= 11 is 1.51. The summed E-state index contributed by atoms with van der Waals surface area (Å²) < 4.78 is 18.3. The van der Waals surface area contributed by atoms with Crippen LogP contribution in [-0.2, 0) is 5.75 Å². The lowest BCUT2D eigenvalue weighted by atomic mass is 10.1. The van der Waals surface area contributed by atoms with E-state index in [-0.39, 0.29) is 5.56 Å². The molecule has 6 nitrogen and oxygen atoms in total. The third-order valence-electron chi connectivity index (χ3n) is 5.44. The topological polar surface area (TPSA) is 62.6 Å². The Labute approximate surface area is 197 Å². The molecule has 0 amide bonds. The number of methoxy groups -OCH3 is 3. The van der Waals surface area contributed by atoms with Gasteiger partial charge in [-0.25, -0.2) is 4.98 Å². The number of para-hydroxylation sites is 1. The van der Waals surface area contributed by atoms with Gasteiger partial charge >= 0.3 is 0 Å². The molecule has 170 valence electrons. The summed E-state index contributed by atoms with van der Waals surface area (Å²) in [4.78, 5) is 18.8. The predicted molar refractivity (Wildman–Crippen MR) is 132 cm³/mol. The number of benzene rings is 3. The highest BCUT2D eigenvalue weighted by molar-refractivity contribution is 7.98. The Morgan fingerprint density at radius 1 is 0.909 bits per heavy atom. The smallest absolute Gasteiger partial charge is 0.266 e. The molecule has 0 aliphatic rings. The second-order valence-corrected chi connectivity index (χ2v) is 8.58. The summed E-state index contributed by atoms with van der Waals surface area (Å²) in [5.74, 6) is 1.86. The Morgan fingerprint density at radius 2 is 1.67 bits per heavy atom. The highest BCUT2D eigenvalue weighted by atomic mass is 32.2. The molecule has 4 aromatic rings. The number of hydrogen-bond acceptors (Lipinski definition) is 6. The Morgan fingerprint density at radius 3 is 2.33 bits per heavy atom. The summed E-state index contributed by atoms with van der Waals surface area (Å²) in [6.45, 7) is 4.05. The van der Waals surface area contributed by atoms with Crippen LogP contribution in [-0.4, -0.2) is 30.9 Å². The molecule has 0 N–H and O–H groups in total. The van der Waals surface area contributed by atoms with Crippen molar-refractivity contribution in [3.8, 4) is 22.9 Å². The van der Waals surface area contributed by atoms with Crippen LogP contribution >= 0.6 is 11.8 Å². The van der Waals surface area contributed by atoms with Crippen molar-refractivity contribution < 1.29 is 14.2 Å². The van der Waals surface area contributed by atoms with Crippen molar-refractivity contribution in [3.63, 3.8) is 0 Å². The van der Waals surface area contributed by atoms with E-state index in [1.807, 2.05) is 37.3 Å². The molecule has 0 bridgehead atoms. The lowest BCUT2D eigenvalue weighted by Gasteiger charge is -2.18. The summed E-state index contributed by atoms with van der Waals surface area (Å²) in [5, 5.41) is 0.974. The van der Waals surface area contributed by atoms with Gasteiger partial charge in [-0.05, 0) is 37.1 Å². The first-order valence-corrected chi connectivity index (χ1v) is 11.5. The fourth-order valence-electron chi connectivity index (χ4n) is 3.84. The third kappa shape index (κ3) is 4.28. The predicted octanol–water partition coefficient (Wildman–Crippen LogP) is 5.32. The number of aromatic nitrogens is 2. The van der Waals surface area contributed by atoms with Gasteiger partial charge in [0, 0.05) is 5.75 Å². The molecule has 3 aromatic carbocycles. The number of rotatable bonds is 7. The fourth-order valence-corrected chi connectivity index (χ4v) is 4.78. The van der Waals surface area contributed by atoms with Crippen LogP contribution in [0.5, 0.6) is 17.2 Å². The van der Waals surface area contributed by atoms with Gasteiger partial charge in [-0.15, -0.1) is 0 Å². The van der Waals surface area contributed by atoms with Crippen LogP contribution in [0.15, 0.2) is 64.5 Å². The highest BCUT2D eigenvalue weighted by Gasteiger charge is 2.23. The number of ether oxygens (including phenoxy) is 3. The maximum absolute atomic E-state index is 13.9. The highest BCUT2D eigenvalue weighted by Crippen LogP contribution is 2.42. The maximum Gasteiger partial charge on any atom is 0.266 e. The number of nitrogens with zero attached hydrogens (tertiary/aromatic N) is 2. The first-order chi connectivity index (χ1) is 16.0. The van der Waals surface area contributed by atoms with Gasteiger partial charge < -0.3 is 14.2 Å². The monoisotopic (exact) mass is 462 g/mol. The van der Waals surface area contributed by atoms with E-state index in [1.165, 1.54) is 38.7 Å². The molecule has 4 rings (SSSR count). The standard InChI is InChI=1S/C26H26N2O4S/c1-16-9-8-11-18(13-16)15-33-26-27-22-19(14-21(30-3)23(31-4)24(22)32-5)25(29)28(26)20-12-7-6-10-17(20)2/h6-14H,15H2,1-5H3. The summed E-state index contributed by atoms with van der Waals surface area (Å²) in [7, 11) is 4.60. The van der Waals surface area contributed by atoms with Gasteiger partial charge in [0.2, 0.25) is 5.75 Å². The van der Waals surface area contributed by atoms with Crippen LogP contribution in [0.2, 0.25) is 0 Å². The minimum absolute atomic E-state index is 0.194. The van der Waals surface area contributed by atoms with Crippen LogP contribution in [0, 0.1) is 13.8 Å². The van der Waals surface area contributed by atoms with Crippen molar-refractivity contribution >= 4 is 22.7 Å². The van der Waals surface area contributed by atoms with Gasteiger partial charge in [-0.1, -0.05) is 59.8 Å². The van der Waals surface area contributed by atoms with Gasteiger partial charge in [0.15, 0.2) is 16.7 Å². The molecular weight excluding hydrogens is 436 g/mol. The minimum Gasteiger partial charge on any atom is -0.493 e. The molecular formula is C26H26N2O4S. The Bertz CT molecular complexity index is 1380. The molecule has 0 atom stereocenters. The lowest BCUT2D eigenvalue weighted by Crippen LogP contribution is -2.23. The van der Waals surface area contributed by atoms with Gasteiger partial charge in [0.05, 0.1) is 32.4 Å². The number of fused-ring (bicyclic) bond motifs is 1. The van der Waals surface area contributed by atoms with Crippen LogP contribution < -0.4 is 19.8 Å². The van der Waals surface area contributed by atoms with Crippen molar-refractivity contribution in [1.29, 1.82) is 0 Å². The largest absolute Gasteiger partial charge is 0.493 e. The first kappa shape index (κ1) is 22.7. The molecule has 0 aliphatic carbocycles. The van der Waals surface area contributed by atoms with Crippen molar-refractivity contribution in [2.24, 2.45) is 0 Å². The SMILES string of the molecule is COc1cc2c(=O)n(-c3ccccc3C)c(SCc3cccc(C)c3)nc2c(OC)c1OC. The van der Waals surface area contributed by atoms with Gasteiger partial charge in [0.25, 0.3) is 5.56 Å². The first-order valence-electron chi connectivity index (χ1n) is 10.5. The number of aryl methyl sites for hydroxylation is 2. The fraction of sp³-hybridized carbons (Fsp3) is 0.231. The molecule has 1 aromatic heterocycles. The van der Waals surface area contributed by atoms with Crippen LogP contribution in [0.3, 0.4) is 0 Å². The molecule has 33 heavy (non-hydrogen) atoms. The van der Waals surface area contributed by atoms with Crippen molar-refractivity contribution in [2.75, 3.05) is 21.3 Å². The summed E-state index contributed by atoms with van der Waals surface area (Å²) in [6, 6.07) is 17.8. The zero-order valence-electron chi connectivity index (χ0n) is 19.3. The lowest BCUT2D eigenvalue weighted by molar-refractivity contribution is 0.326. The second-order valence-electron chi connectivity index (χ2n) is 7.64. The van der Waals surface area contributed by atoms with E-state index in [0.29, 0.717) is 39.1 Å². The van der Waals surface area contributed by atoms with Crippen molar-refractivity contribution in [1.82, 2.24) is 9.55 Å². The van der Waals surface area contributed by atoms with Gasteiger partial charge in [-0.3, -0.25) is 9.36 Å². The van der Waals surface area contributed by atoms with Gasteiger partial charge in [-0.2, -0.15) is 0 Å². The van der Waals surface area contributed by atoms with E-state index in [9.17, 15) is 4.79 Å². The second kappa shape index (κ2) is 9.58. The minimum atomic E-state index is -0.194. The Kier molecular flexibility index (Phi) is 6.60. The molecule has 0 saturated heterocycles. The maximum atomic E-state index is 13.9. The van der Waals surface area contributed by atoms with Crippen LogP contribution in [0.1, 0.15) is 16.7 Å². The molecule has 0 unspecified atom stereocenters. The van der Waals surface area contributed by atoms with Crippen LogP contribution in [0.4, 0.5) is 0 Å². The van der Waals surface area contributed by atoms with E-state index in [2.05, 4.69) is 25.1 Å². The molecule has 1 heterocycles. The molecule has 0 radical (unpaired) electrons. The third-order valence-corrected chi connectivity index (χ3v) is 6.45. The molecule has 0 spiro atoms. The molecule has 0 fully saturated rings. The van der Waals surface area contributed by atoms with E-state index in [0.717, 1.165) is 16.8 Å². The quantitative estimate of drug-likeness (QED) is 0.274. The average Bonchev–Trinajstić information content (AvgIpc) is 2.82. The zero-order chi connectivity index (χ0) is 23.5. The average molecular weight is 463 g/mol. The van der Waals surface area contributed by atoms with E-state index < -0.39 is 0 Å². The van der Waals surface area contributed by atoms with Gasteiger partial charge in [0.1, 0.15) is 5.52 Å². The summed E-state index contributed by atoms with van der Waals surface area (Å²) in [5.41, 5.74) is 4.36. The molecule has 0 aliphatic heterocycles. The zero-order valence-corrected chi connectivity index (χ0v) is 20.2. The van der Waals surface area contributed by atoms with E-state index in [1.54, 1.807) is 10.6 Å². The van der Waals surface area contributed by atoms with E-state index in [4.69, 9.17) is 19.2 Å². The molecule has 0 saturated carbocycles. The van der Waals surface area contributed by atoms with Crippen molar-refractivity contribution in [2.45, 2.75) is 24.8 Å².